The summed E-state index contributed by atoms with van der Waals surface area (Å²) in [5.74, 6) is 0. The van der Waals surface area contributed by atoms with Crippen LogP contribution in [0.2, 0.25) is 0 Å². The third-order valence-electron chi connectivity index (χ3n) is 0.591. The Labute approximate surface area is 51.2 Å². The van der Waals surface area contributed by atoms with Crippen LogP contribution < -0.4 is 0 Å². The van der Waals surface area contributed by atoms with E-state index in [0.717, 1.165) is 0 Å². The molecule has 0 aliphatic heterocycles. The number of halogens is 4. The van der Waals surface area contributed by atoms with Gasteiger partial charge in [-0.05, 0) is 0 Å². The van der Waals surface area contributed by atoms with Crippen LogP contribution in [0, 0.1) is 10.1 Å². The van der Waals surface area contributed by atoms with Crippen molar-refractivity contribution >= 4 is 0 Å². The van der Waals surface area contributed by atoms with Crippen molar-refractivity contribution in [1.29, 1.82) is 0 Å². The standard InChI is InChI=1S/C2HF4NO3/c3-1(4,7(9)10)2(5,6)8/h8H. The Hall–Kier alpha value is -0.920. The summed E-state index contributed by atoms with van der Waals surface area (Å²) < 4.78 is 44.9. The van der Waals surface area contributed by atoms with E-state index in [1.807, 2.05) is 0 Å². The lowest BCUT2D eigenvalue weighted by Crippen LogP contribution is -2.46. The molecule has 0 unspecified atom stereocenters. The minimum absolute atomic E-state index is 2.56. The lowest BCUT2D eigenvalue weighted by atomic mass is 10.5. The molecule has 4 nitrogen and oxygen atoms in total. The topological polar surface area (TPSA) is 63.4 Å². The first-order valence-corrected chi connectivity index (χ1v) is 1.82. The molecule has 0 radical (unpaired) electrons. The van der Waals surface area contributed by atoms with Crippen LogP contribution in [0.4, 0.5) is 17.6 Å². The van der Waals surface area contributed by atoms with Gasteiger partial charge in [0.05, 0.1) is 0 Å². The summed E-state index contributed by atoms with van der Waals surface area (Å²) in [6.07, 6.45) is -5.61. The predicted molar refractivity (Wildman–Crippen MR) is 19.1 cm³/mol. The van der Waals surface area contributed by atoms with E-state index < -0.39 is 17.1 Å². The van der Waals surface area contributed by atoms with Crippen LogP contribution in [0.3, 0.4) is 0 Å². The van der Waals surface area contributed by atoms with E-state index in [9.17, 15) is 17.6 Å². The molecular formula is C2HF4NO3. The molecule has 0 aromatic heterocycles. The SMILES string of the molecule is O=[N+]([O-])C(F)(F)C(O)(F)F. The molecule has 0 heterocycles. The number of rotatable bonds is 2. The molecule has 0 atom stereocenters. The summed E-state index contributed by atoms with van der Waals surface area (Å²) in [5.41, 5.74) is 0. The second kappa shape index (κ2) is 2.04. The highest BCUT2D eigenvalue weighted by atomic mass is 19.3. The van der Waals surface area contributed by atoms with Gasteiger partial charge in [-0.3, -0.25) is 10.1 Å². The second-order valence-corrected chi connectivity index (χ2v) is 1.34. The van der Waals surface area contributed by atoms with Crippen molar-refractivity contribution in [3.05, 3.63) is 10.1 Å². The Morgan fingerprint density at radius 2 is 1.60 bits per heavy atom. The Bertz CT molecular complexity index is 151. The second-order valence-electron chi connectivity index (χ2n) is 1.34. The molecule has 0 rings (SSSR count). The first-order chi connectivity index (χ1) is 4.19. The van der Waals surface area contributed by atoms with E-state index in [1.165, 1.54) is 0 Å². The lowest BCUT2D eigenvalue weighted by Gasteiger charge is -2.11. The zero-order chi connectivity index (χ0) is 8.58. The lowest BCUT2D eigenvalue weighted by molar-refractivity contribution is -0.693. The van der Waals surface area contributed by atoms with Gasteiger partial charge in [0, 0.05) is 0 Å². The van der Waals surface area contributed by atoms with Crippen molar-refractivity contribution in [2.45, 2.75) is 12.2 Å². The van der Waals surface area contributed by atoms with Crippen LogP contribution in [0.1, 0.15) is 0 Å². The predicted octanol–water partition coefficient (Wildman–Crippen LogP) is 0.441. The van der Waals surface area contributed by atoms with E-state index in [0.29, 0.717) is 0 Å². The van der Waals surface area contributed by atoms with Crippen molar-refractivity contribution in [2.24, 2.45) is 0 Å². The average molecular weight is 163 g/mol. The highest BCUT2D eigenvalue weighted by Gasteiger charge is 2.68. The zero-order valence-electron chi connectivity index (χ0n) is 4.22. The fourth-order valence-electron chi connectivity index (χ4n) is 0.110. The van der Waals surface area contributed by atoms with Gasteiger partial charge in [-0.25, -0.2) is 0 Å². The van der Waals surface area contributed by atoms with Gasteiger partial charge in [0.15, 0.2) is 0 Å². The van der Waals surface area contributed by atoms with Crippen LogP contribution in [-0.4, -0.2) is 22.2 Å². The zero-order valence-corrected chi connectivity index (χ0v) is 4.22. The van der Waals surface area contributed by atoms with Gasteiger partial charge < -0.3 is 5.11 Å². The maximum atomic E-state index is 11.4. The molecule has 0 spiro atoms. The molecule has 0 aromatic rings. The highest BCUT2D eigenvalue weighted by Crippen LogP contribution is 2.31. The fraction of sp³-hybridized carbons (Fsp3) is 1.00. The Balaban J connectivity index is 4.57. The highest BCUT2D eigenvalue weighted by molar-refractivity contribution is 4.60. The first-order valence-electron chi connectivity index (χ1n) is 1.82. The molecule has 0 aromatic carbocycles. The maximum absolute atomic E-state index is 11.4. The van der Waals surface area contributed by atoms with E-state index >= 15 is 0 Å². The van der Waals surface area contributed by atoms with E-state index in [2.05, 4.69) is 0 Å². The van der Waals surface area contributed by atoms with Crippen molar-refractivity contribution in [2.75, 3.05) is 0 Å². The fourth-order valence-corrected chi connectivity index (χ4v) is 0.110. The average Bonchev–Trinajstić information content (AvgIpc) is 1.62. The maximum Gasteiger partial charge on any atom is 0.604 e. The van der Waals surface area contributed by atoms with Gasteiger partial charge in [0.1, 0.15) is 4.92 Å². The number of alkyl halides is 4. The number of nitro groups is 1. The third kappa shape index (κ3) is 1.32. The monoisotopic (exact) mass is 163 g/mol. The molecule has 0 saturated carbocycles. The number of hydrogen-bond acceptors (Lipinski definition) is 3. The molecular weight excluding hydrogens is 162 g/mol. The largest absolute Gasteiger partial charge is 0.604 e. The molecule has 10 heavy (non-hydrogen) atoms. The molecule has 0 amide bonds. The number of nitrogens with zero attached hydrogens (tertiary/aromatic N) is 1. The molecule has 0 fully saturated rings. The molecule has 0 saturated heterocycles. The van der Waals surface area contributed by atoms with Crippen molar-refractivity contribution in [3.8, 4) is 0 Å². The summed E-state index contributed by atoms with van der Waals surface area (Å²) in [5, 5.41) is 16.3. The molecule has 0 aliphatic rings. The Morgan fingerprint density at radius 3 is 1.60 bits per heavy atom. The molecule has 0 aliphatic carbocycles. The van der Waals surface area contributed by atoms with Crippen LogP contribution in [0.25, 0.3) is 0 Å². The number of hydrogen-bond donors (Lipinski definition) is 1. The van der Waals surface area contributed by atoms with Crippen LogP contribution in [0.5, 0.6) is 0 Å². The van der Waals surface area contributed by atoms with Gasteiger partial charge in [-0.2, -0.15) is 8.78 Å². The van der Waals surface area contributed by atoms with Gasteiger partial charge in [-0.15, -0.1) is 8.78 Å². The normalized spacial score (nSPS) is 13.3. The number of aliphatic hydroxyl groups is 1. The Morgan fingerprint density at radius 1 is 1.30 bits per heavy atom. The molecule has 0 bridgehead atoms. The molecule has 1 N–H and O–H groups in total. The summed E-state index contributed by atoms with van der Waals surface area (Å²) in [6.45, 7) is 0. The first kappa shape index (κ1) is 9.08. The van der Waals surface area contributed by atoms with Crippen molar-refractivity contribution in [1.82, 2.24) is 0 Å². The van der Waals surface area contributed by atoms with E-state index in [-0.39, 0.29) is 0 Å². The smallest absolute Gasteiger partial charge is 0.325 e. The summed E-state index contributed by atoms with van der Waals surface area (Å²) in [7, 11) is 0. The molecule has 60 valence electrons. The quantitative estimate of drug-likeness (QED) is 0.278. The van der Waals surface area contributed by atoms with Crippen molar-refractivity contribution < 1.29 is 27.6 Å². The van der Waals surface area contributed by atoms with Crippen molar-refractivity contribution in [3.63, 3.8) is 0 Å². The van der Waals surface area contributed by atoms with Crippen LogP contribution in [0.15, 0.2) is 0 Å². The summed E-state index contributed by atoms with van der Waals surface area (Å²) in [4.78, 5) is 6.52. The van der Waals surface area contributed by atoms with Gasteiger partial charge in [-0.1, -0.05) is 0 Å². The summed E-state index contributed by atoms with van der Waals surface area (Å²) in [6, 6.07) is -5.62. The van der Waals surface area contributed by atoms with Gasteiger partial charge >= 0.3 is 12.2 Å². The third-order valence-corrected chi connectivity index (χ3v) is 0.591. The Kier molecular flexibility index (Phi) is 1.86. The van der Waals surface area contributed by atoms with Gasteiger partial charge in [0.2, 0.25) is 0 Å². The summed E-state index contributed by atoms with van der Waals surface area (Å²) >= 11 is 0. The van der Waals surface area contributed by atoms with Crippen LogP contribution >= 0.6 is 0 Å². The minimum atomic E-state index is -5.62. The minimum Gasteiger partial charge on any atom is -0.325 e. The molecule has 8 heteroatoms. The van der Waals surface area contributed by atoms with E-state index in [1.54, 1.807) is 0 Å². The van der Waals surface area contributed by atoms with Gasteiger partial charge in [0.25, 0.3) is 0 Å². The van der Waals surface area contributed by atoms with Crippen LogP contribution in [-0.2, 0) is 0 Å². The van der Waals surface area contributed by atoms with E-state index in [4.69, 9.17) is 15.2 Å².